The maximum absolute atomic E-state index is 9.62. The number of aromatic nitrogens is 2. The van der Waals surface area contributed by atoms with Gasteiger partial charge in [0.25, 0.3) is 0 Å². The SMILES string of the molecule is Oc1cccc(Cc2ncc3n2CCC(O)C3)c1. The van der Waals surface area contributed by atoms with E-state index in [-0.39, 0.29) is 11.9 Å². The average Bonchev–Trinajstić information content (AvgIpc) is 2.72. The molecule has 1 aliphatic heterocycles. The molecular weight excluding hydrogens is 228 g/mol. The number of nitrogens with zero attached hydrogens (tertiary/aromatic N) is 2. The third-order valence-corrected chi connectivity index (χ3v) is 3.42. The lowest BCUT2D eigenvalue weighted by molar-refractivity contribution is 0.143. The third kappa shape index (κ3) is 2.11. The summed E-state index contributed by atoms with van der Waals surface area (Å²) >= 11 is 0. The molecule has 1 unspecified atom stereocenters. The molecule has 0 saturated heterocycles. The molecule has 18 heavy (non-hydrogen) atoms. The first-order valence-electron chi connectivity index (χ1n) is 6.21. The van der Waals surface area contributed by atoms with Crippen molar-refractivity contribution in [2.24, 2.45) is 0 Å². The molecule has 2 heterocycles. The fourth-order valence-electron chi connectivity index (χ4n) is 2.50. The van der Waals surface area contributed by atoms with Crippen molar-refractivity contribution in [2.75, 3.05) is 0 Å². The number of imidazole rings is 1. The Bertz CT molecular complexity index is 563. The number of aromatic hydroxyl groups is 1. The van der Waals surface area contributed by atoms with Crippen LogP contribution >= 0.6 is 0 Å². The molecule has 0 fully saturated rings. The summed E-state index contributed by atoms with van der Waals surface area (Å²) in [7, 11) is 0. The molecule has 0 radical (unpaired) electrons. The fraction of sp³-hybridized carbons (Fsp3) is 0.357. The van der Waals surface area contributed by atoms with Crippen LogP contribution in [-0.4, -0.2) is 25.9 Å². The van der Waals surface area contributed by atoms with Crippen LogP contribution < -0.4 is 0 Å². The summed E-state index contributed by atoms with van der Waals surface area (Å²) < 4.78 is 2.18. The van der Waals surface area contributed by atoms with Crippen LogP contribution in [0.1, 0.15) is 23.5 Å². The fourth-order valence-corrected chi connectivity index (χ4v) is 2.50. The average molecular weight is 244 g/mol. The van der Waals surface area contributed by atoms with Crippen LogP contribution in [0.5, 0.6) is 5.75 Å². The van der Waals surface area contributed by atoms with E-state index in [2.05, 4.69) is 9.55 Å². The van der Waals surface area contributed by atoms with Crippen LogP contribution in [0.4, 0.5) is 0 Å². The van der Waals surface area contributed by atoms with Crippen LogP contribution in [-0.2, 0) is 19.4 Å². The number of rotatable bonds is 2. The van der Waals surface area contributed by atoms with Crippen molar-refractivity contribution >= 4 is 0 Å². The predicted octanol–water partition coefficient (Wildman–Crippen LogP) is 1.49. The molecule has 1 atom stereocenters. The molecule has 2 aromatic rings. The van der Waals surface area contributed by atoms with E-state index in [0.717, 1.165) is 30.0 Å². The Labute approximate surface area is 106 Å². The molecule has 1 aromatic heterocycles. The third-order valence-electron chi connectivity index (χ3n) is 3.42. The van der Waals surface area contributed by atoms with Crippen molar-refractivity contribution < 1.29 is 10.2 Å². The second kappa shape index (κ2) is 4.46. The highest BCUT2D eigenvalue weighted by molar-refractivity contribution is 5.29. The minimum absolute atomic E-state index is 0.234. The molecular formula is C14H16N2O2. The lowest BCUT2D eigenvalue weighted by Gasteiger charge is -2.21. The van der Waals surface area contributed by atoms with Gasteiger partial charge in [-0.05, 0) is 24.1 Å². The molecule has 0 bridgehead atoms. The molecule has 4 heteroatoms. The number of phenolic OH excluding ortho intramolecular Hbond substituents is 1. The highest BCUT2D eigenvalue weighted by atomic mass is 16.3. The summed E-state index contributed by atoms with van der Waals surface area (Å²) in [6, 6.07) is 7.26. The summed E-state index contributed by atoms with van der Waals surface area (Å²) in [5, 5.41) is 19.1. The Morgan fingerprint density at radius 1 is 1.39 bits per heavy atom. The number of aliphatic hydroxyl groups excluding tert-OH is 1. The number of hydrogen-bond donors (Lipinski definition) is 2. The van der Waals surface area contributed by atoms with Crippen molar-refractivity contribution in [1.82, 2.24) is 9.55 Å². The predicted molar refractivity (Wildman–Crippen MR) is 67.5 cm³/mol. The molecule has 3 rings (SSSR count). The second-order valence-corrected chi connectivity index (χ2v) is 4.81. The van der Waals surface area contributed by atoms with E-state index in [1.54, 1.807) is 12.1 Å². The highest BCUT2D eigenvalue weighted by Gasteiger charge is 2.19. The van der Waals surface area contributed by atoms with Crippen LogP contribution in [0.2, 0.25) is 0 Å². The van der Waals surface area contributed by atoms with Gasteiger partial charge >= 0.3 is 0 Å². The Morgan fingerprint density at radius 3 is 3.11 bits per heavy atom. The summed E-state index contributed by atoms with van der Waals surface area (Å²) in [4.78, 5) is 4.43. The molecule has 1 aliphatic rings. The second-order valence-electron chi connectivity index (χ2n) is 4.81. The maximum Gasteiger partial charge on any atom is 0.115 e. The van der Waals surface area contributed by atoms with Gasteiger partial charge in [0.15, 0.2) is 0 Å². The van der Waals surface area contributed by atoms with E-state index in [4.69, 9.17) is 0 Å². The first-order chi connectivity index (χ1) is 8.72. The van der Waals surface area contributed by atoms with Crippen molar-refractivity contribution in [2.45, 2.75) is 31.9 Å². The molecule has 94 valence electrons. The van der Waals surface area contributed by atoms with E-state index in [0.29, 0.717) is 12.8 Å². The van der Waals surface area contributed by atoms with E-state index >= 15 is 0 Å². The number of hydrogen-bond acceptors (Lipinski definition) is 3. The molecule has 0 saturated carbocycles. The monoisotopic (exact) mass is 244 g/mol. The van der Waals surface area contributed by atoms with Gasteiger partial charge in [-0.15, -0.1) is 0 Å². The van der Waals surface area contributed by atoms with Gasteiger partial charge in [-0.1, -0.05) is 12.1 Å². The van der Waals surface area contributed by atoms with Crippen molar-refractivity contribution in [1.29, 1.82) is 0 Å². The first kappa shape index (κ1) is 11.3. The minimum Gasteiger partial charge on any atom is -0.508 e. The zero-order valence-corrected chi connectivity index (χ0v) is 10.1. The number of phenols is 1. The summed E-state index contributed by atoms with van der Waals surface area (Å²) in [6.45, 7) is 0.824. The zero-order valence-electron chi connectivity index (χ0n) is 10.1. The van der Waals surface area contributed by atoms with Crippen molar-refractivity contribution in [3.63, 3.8) is 0 Å². The standard InChI is InChI=1S/C14H16N2O2/c17-12-3-1-2-10(6-12)7-14-15-9-11-8-13(18)4-5-16(11)14/h1-3,6,9,13,17-18H,4-5,7-8H2. The first-order valence-corrected chi connectivity index (χ1v) is 6.21. The molecule has 0 amide bonds. The van der Waals surface area contributed by atoms with Crippen LogP contribution in [0.15, 0.2) is 30.5 Å². The molecule has 2 N–H and O–H groups in total. The van der Waals surface area contributed by atoms with Gasteiger partial charge in [-0.3, -0.25) is 0 Å². The van der Waals surface area contributed by atoms with Gasteiger partial charge in [0.1, 0.15) is 11.6 Å². The summed E-state index contributed by atoms with van der Waals surface area (Å²) in [5.41, 5.74) is 2.15. The normalized spacial score (nSPS) is 18.6. The lowest BCUT2D eigenvalue weighted by Crippen LogP contribution is -2.23. The maximum atomic E-state index is 9.62. The van der Waals surface area contributed by atoms with Crippen molar-refractivity contribution in [3.8, 4) is 5.75 Å². The van der Waals surface area contributed by atoms with E-state index in [1.165, 1.54) is 0 Å². The van der Waals surface area contributed by atoms with Gasteiger partial charge in [-0.2, -0.15) is 0 Å². The number of aliphatic hydroxyl groups is 1. The molecule has 0 spiro atoms. The Hall–Kier alpha value is -1.81. The van der Waals surface area contributed by atoms with Crippen LogP contribution in [0, 0.1) is 0 Å². The van der Waals surface area contributed by atoms with Gasteiger partial charge in [0.2, 0.25) is 0 Å². The number of fused-ring (bicyclic) bond motifs is 1. The summed E-state index contributed by atoms with van der Waals surface area (Å²) in [5.74, 6) is 1.29. The summed E-state index contributed by atoms with van der Waals surface area (Å²) in [6.07, 6.45) is 3.80. The Balaban J connectivity index is 1.86. The Kier molecular flexibility index (Phi) is 2.80. The quantitative estimate of drug-likeness (QED) is 0.841. The van der Waals surface area contributed by atoms with Gasteiger partial charge in [0, 0.05) is 31.3 Å². The van der Waals surface area contributed by atoms with E-state index in [9.17, 15) is 10.2 Å². The molecule has 1 aromatic carbocycles. The lowest BCUT2D eigenvalue weighted by atomic mass is 10.1. The van der Waals surface area contributed by atoms with Crippen LogP contribution in [0.25, 0.3) is 0 Å². The van der Waals surface area contributed by atoms with E-state index in [1.807, 2.05) is 18.3 Å². The van der Waals surface area contributed by atoms with Gasteiger partial charge in [0.05, 0.1) is 6.10 Å². The van der Waals surface area contributed by atoms with E-state index < -0.39 is 0 Å². The van der Waals surface area contributed by atoms with Crippen LogP contribution in [0.3, 0.4) is 0 Å². The zero-order chi connectivity index (χ0) is 12.5. The largest absolute Gasteiger partial charge is 0.508 e. The smallest absolute Gasteiger partial charge is 0.115 e. The molecule has 4 nitrogen and oxygen atoms in total. The highest BCUT2D eigenvalue weighted by Crippen LogP contribution is 2.20. The number of benzene rings is 1. The minimum atomic E-state index is -0.234. The Morgan fingerprint density at radius 2 is 2.28 bits per heavy atom. The van der Waals surface area contributed by atoms with Gasteiger partial charge < -0.3 is 14.8 Å². The van der Waals surface area contributed by atoms with Gasteiger partial charge in [-0.25, -0.2) is 4.98 Å². The van der Waals surface area contributed by atoms with Crippen molar-refractivity contribution in [3.05, 3.63) is 47.5 Å². The topological polar surface area (TPSA) is 58.3 Å². The molecule has 0 aliphatic carbocycles.